The van der Waals surface area contributed by atoms with Crippen molar-refractivity contribution in [1.29, 1.82) is 0 Å². The lowest BCUT2D eigenvalue weighted by molar-refractivity contribution is 0.149. The number of aliphatic hydroxyl groups excluding tert-OH is 1. The van der Waals surface area contributed by atoms with Crippen molar-refractivity contribution in [2.24, 2.45) is 0 Å². The second-order valence-corrected chi connectivity index (χ2v) is 10.9. The molecule has 14 heteroatoms. The number of nitrogens with zero attached hydrogens (tertiary/aromatic N) is 4. The summed E-state index contributed by atoms with van der Waals surface area (Å²) in [6, 6.07) is 5.16. The summed E-state index contributed by atoms with van der Waals surface area (Å²) in [6.45, 7) is 6.18. The van der Waals surface area contributed by atoms with Gasteiger partial charge in [0, 0.05) is 54.0 Å². The number of hydrogen-bond donors (Lipinski definition) is 4. The van der Waals surface area contributed by atoms with Gasteiger partial charge in [0.2, 0.25) is 0 Å². The lowest BCUT2D eigenvalue weighted by Crippen LogP contribution is -2.47. The standard InChI is InChI=1S/C30H35Cl2N7O5/c1-5-26(40)37-22-16-44-15-21(22)36-25-9-19-18(13-33-25)8-20(27-28(31)23(42-3)10-24(43-4)29(27)32)38-30(19)34-11-17-12-35-39(14-17)6-7-41-2/h5,8-10,12-14,21-22,26,37,40H,1,6-7,11,15-16H2,2-4H3,(H,33,36)(H,34,38)/t21-,22+,26?/m1/s1. The zero-order valence-electron chi connectivity index (χ0n) is 24.6. The molecule has 12 nitrogen and oxygen atoms in total. The molecule has 3 aromatic heterocycles. The average Bonchev–Trinajstić information content (AvgIpc) is 3.68. The van der Waals surface area contributed by atoms with Gasteiger partial charge in [0.15, 0.2) is 0 Å². The predicted molar refractivity (Wildman–Crippen MR) is 171 cm³/mol. The van der Waals surface area contributed by atoms with Crippen LogP contribution in [0.25, 0.3) is 22.0 Å². The lowest BCUT2D eigenvalue weighted by atomic mass is 10.1. The normalized spacial score (nSPS) is 17.0. The fourth-order valence-corrected chi connectivity index (χ4v) is 5.62. The van der Waals surface area contributed by atoms with Crippen molar-refractivity contribution in [2.75, 3.05) is 51.8 Å². The Morgan fingerprint density at radius 2 is 1.86 bits per heavy atom. The summed E-state index contributed by atoms with van der Waals surface area (Å²) in [5.41, 5.74) is 1.95. The first-order valence-electron chi connectivity index (χ1n) is 13.9. The van der Waals surface area contributed by atoms with Gasteiger partial charge >= 0.3 is 0 Å². The van der Waals surface area contributed by atoms with Gasteiger partial charge in [-0.25, -0.2) is 9.97 Å². The Morgan fingerprint density at radius 3 is 2.57 bits per heavy atom. The van der Waals surface area contributed by atoms with E-state index in [4.69, 9.17) is 47.1 Å². The van der Waals surface area contributed by atoms with Crippen LogP contribution in [0.1, 0.15) is 5.56 Å². The Morgan fingerprint density at radius 1 is 1.11 bits per heavy atom. The van der Waals surface area contributed by atoms with Crippen molar-refractivity contribution in [3.63, 3.8) is 0 Å². The summed E-state index contributed by atoms with van der Waals surface area (Å²) in [4.78, 5) is 9.65. The summed E-state index contributed by atoms with van der Waals surface area (Å²) in [6.07, 6.45) is 6.10. The van der Waals surface area contributed by atoms with E-state index in [-0.39, 0.29) is 12.1 Å². The van der Waals surface area contributed by atoms with Crippen LogP contribution in [-0.4, -0.2) is 84.3 Å². The highest BCUT2D eigenvalue weighted by Crippen LogP contribution is 2.46. The van der Waals surface area contributed by atoms with Gasteiger partial charge in [-0.1, -0.05) is 29.8 Å². The summed E-state index contributed by atoms with van der Waals surface area (Å²) in [5.74, 6) is 2.02. The molecule has 0 aliphatic carbocycles. The van der Waals surface area contributed by atoms with Gasteiger partial charge in [0.05, 0.1) is 74.6 Å². The van der Waals surface area contributed by atoms with Gasteiger partial charge < -0.3 is 34.7 Å². The third-order valence-corrected chi connectivity index (χ3v) is 7.99. The highest BCUT2D eigenvalue weighted by molar-refractivity contribution is 6.41. The largest absolute Gasteiger partial charge is 0.495 e. The Labute approximate surface area is 265 Å². The number of aliphatic hydroxyl groups is 1. The van der Waals surface area contributed by atoms with Crippen molar-refractivity contribution < 1.29 is 24.1 Å². The lowest BCUT2D eigenvalue weighted by Gasteiger charge is -2.23. The molecule has 0 bridgehead atoms. The zero-order chi connectivity index (χ0) is 31.2. The Hall–Kier alpha value is -3.65. The highest BCUT2D eigenvalue weighted by atomic mass is 35.5. The number of hydrogen-bond acceptors (Lipinski definition) is 11. The molecule has 1 aliphatic heterocycles. The van der Waals surface area contributed by atoms with Crippen LogP contribution >= 0.6 is 23.2 Å². The molecular formula is C30H35Cl2N7O5. The van der Waals surface area contributed by atoms with Crippen LogP contribution < -0.4 is 25.4 Å². The topological polar surface area (TPSA) is 137 Å². The first-order valence-corrected chi connectivity index (χ1v) is 14.7. The Bertz CT molecular complexity index is 1590. The van der Waals surface area contributed by atoms with Crippen LogP contribution in [0.2, 0.25) is 10.0 Å². The van der Waals surface area contributed by atoms with E-state index in [1.165, 1.54) is 20.3 Å². The number of halogens is 2. The third kappa shape index (κ3) is 7.01. The maximum Gasteiger partial charge on any atom is 0.141 e. The molecule has 44 heavy (non-hydrogen) atoms. The summed E-state index contributed by atoms with van der Waals surface area (Å²) in [7, 11) is 4.71. The van der Waals surface area contributed by atoms with E-state index >= 15 is 0 Å². The number of ether oxygens (including phenoxy) is 4. The summed E-state index contributed by atoms with van der Waals surface area (Å²) < 4.78 is 23.6. The molecule has 4 N–H and O–H groups in total. The van der Waals surface area contributed by atoms with Crippen LogP contribution in [0.15, 0.2) is 49.4 Å². The minimum atomic E-state index is -0.846. The molecule has 1 aromatic carbocycles. The van der Waals surface area contributed by atoms with E-state index in [1.54, 1.807) is 25.6 Å². The van der Waals surface area contributed by atoms with Gasteiger partial charge in [-0.05, 0) is 18.2 Å². The van der Waals surface area contributed by atoms with Crippen LogP contribution in [0.4, 0.5) is 11.6 Å². The molecule has 5 rings (SSSR count). The molecule has 1 unspecified atom stereocenters. The van der Waals surface area contributed by atoms with Gasteiger partial charge in [0.1, 0.15) is 29.4 Å². The van der Waals surface area contributed by atoms with Crippen molar-refractivity contribution in [2.45, 2.75) is 31.4 Å². The first-order chi connectivity index (χ1) is 21.3. The second-order valence-electron chi connectivity index (χ2n) is 10.1. The van der Waals surface area contributed by atoms with E-state index in [0.29, 0.717) is 77.3 Å². The summed E-state index contributed by atoms with van der Waals surface area (Å²) in [5, 5.41) is 26.6. The van der Waals surface area contributed by atoms with Crippen molar-refractivity contribution in [3.05, 3.63) is 65.1 Å². The predicted octanol–water partition coefficient (Wildman–Crippen LogP) is 4.35. The van der Waals surface area contributed by atoms with Gasteiger partial charge in [-0.2, -0.15) is 5.10 Å². The van der Waals surface area contributed by atoms with Gasteiger partial charge in [0.25, 0.3) is 0 Å². The van der Waals surface area contributed by atoms with E-state index in [1.807, 2.05) is 23.0 Å². The van der Waals surface area contributed by atoms with Gasteiger partial charge in [-0.15, -0.1) is 0 Å². The monoisotopic (exact) mass is 643 g/mol. The first kappa shape index (κ1) is 31.8. The quantitative estimate of drug-likeness (QED) is 0.115. The molecule has 0 spiro atoms. The molecule has 4 aromatic rings. The minimum absolute atomic E-state index is 0.127. The number of anilines is 2. The van der Waals surface area contributed by atoms with E-state index in [9.17, 15) is 5.11 Å². The number of nitrogens with one attached hydrogen (secondary N) is 3. The number of benzene rings is 1. The molecule has 0 saturated carbocycles. The van der Waals surface area contributed by atoms with E-state index in [0.717, 1.165) is 16.3 Å². The van der Waals surface area contributed by atoms with Gasteiger partial charge in [-0.3, -0.25) is 10.00 Å². The number of aromatic nitrogens is 4. The van der Waals surface area contributed by atoms with Crippen LogP contribution in [0, 0.1) is 0 Å². The fraction of sp³-hybridized carbons (Fsp3) is 0.367. The maximum atomic E-state index is 10.0. The highest BCUT2D eigenvalue weighted by Gasteiger charge is 2.29. The van der Waals surface area contributed by atoms with E-state index < -0.39 is 6.23 Å². The molecule has 3 atom stereocenters. The van der Waals surface area contributed by atoms with Crippen LogP contribution in [-0.2, 0) is 22.6 Å². The molecular weight excluding hydrogens is 609 g/mol. The van der Waals surface area contributed by atoms with E-state index in [2.05, 4.69) is 32.6 Å². The summed E-state index contributed by atoms with van der Waals surface area (Å²) >= 11 is 13.5. The van der Waals surface area contributed by atoms with Crippen LogP contribution in [0.3, 0.4) is 0 Å². The fourth-order valence-electron chi connectivity index (χ4n) is 4.93. The van der Waals surface area contributed by atoms with Crippen molar-refractivity contribution >= 4 is 45.6 Å². The van der Waals surface area contributed by atoms with Crippen LogP contribution in [0.5, 0.6) is 11.5 Å². The number of fused-ring (bicyclic) bond motifs is 1. The number of rotatable bonds is 14. The smallest absolute Gasteiger partial charge is 0.141 e. The number of methoxy groups -OCH3 is 3. The SMILES string of the molecule is C=CC(O)N[C@H]1COC[C@H]1Nc1cc2c(NCc3cnn(CCOC)c3)nc(-c3c(Cl)c(OC)cc(OC)c3Cl)cc2cn1. The molecule has 1 fully saturated rings. The zero-order valence-corrected chi connectivity index (χ0v) is 26.2. The Kier molecular flexibility index (Phi) is 10.4. The second kappa shape index (κ2) is 14.4. The number of pyridine rings is 2. The van der Waals surface area contributed by atoms with Crippen molar-refractivity contribution in [3.8, 4) is 22.8 Å². The average molecular weight is 645 g/mol. The molecule has 234 valence electrons. The minimum Gasteiger partial charge on any atom is -0.495 e. The molecule has 1 saturated heterocycles. The molecule has 4 heterocycles. The Balaban J connectivity index is 1.53. The van der Waals surface area contributed by atoms with Crippen molar-refractivity contribution in [1.82, 2.24) is 25.1 Å². The molecule has 0 amide bonds. The molecule has 1 aliphatic rings. The maximum absolute atomic E-state index is 10.0. The molecule has 0 radical (unpaired) electrons. The third-order valence-electron chi connectivity index (χ3n) is 7.24.